The Morgan fingerprint density at radius 3 is 1.78 bits per heavy atom. The van der Waals surface area contributed by atoms with Crippen molar-refractivity contribution in [2.45, 2.75) is 32.1 Å². The number of halogens is 5. The van der Waals surface area contributed by atoms with Gasteiger partial charge in [0.05, 0.1) is 5.41 Å². The minimum Gasteiger partial charge on any atom is -0.492 e. The van der Waals surface area contributed by atoms with Crippen LogP contribution in [-0.4, -0.2) is 32.5 Å². The molecule has 0 aromatic heterocycles. The predicted octanol–water partition coefficient (Wildman–Crippen LogP) is 9.12. The van der Waals surface area contributed by atoms with Crippen molar-refractivity contribution in [1.29, 1.82) is 0 Å². The molecule has 0 atom stereocenters. The molecule has 10 heteroatoms. The molecule has 3 aliphatic carbocycles. The highest BCUT2D eigenvalue weighted by Crippen LogP contribution is 2.62. The van der Waals surface area contributed by atoms with Crippen molar-refractivity contribution in [2.75, 3.05) is 25.6 Å². The van der Waals surface area contributed by atoms with E-state index in [9.17, 15) is 31.5 Å². The van der Waals surface area contributed by atoms with Crippen LogP contribution in [0, 0.1) is 34.5 Å². The Balaban J connectivity index is 1.51. The van der Waals surface area contributed by atoms with Crippen molar-refractivity contribution >= 4 is 17.4 Å². The number of rotatable bonds is 7. The molecule has 0 aliphatic heterocycles. The first-order valence-electron chi connectivity index (χ1n) is 16.2. The average molecular weight is 698 g/mol. The van der Waals surface area contributed by atoms with Crippen molar-refractivity contribution in [3.05, 3.63) is 159 Å². The van der Waals surface area contributed by atoms with Gasteiger partial charge in [-0.3, -0.25) is 4.79 Å². The lowest BCUT2D eigenvalue weighted by Gasteiger charge is -2.51. The second-order valence-corrected chi connectivity index (χ2v) is 14.0. The third kappa shape index (κ3) is 5.10. The maximum atomic E-state index is 14.9. The largest absolute Gasteiger partial charge is 0.492 e. The monoisotopic (exact) mass is 697 g/mol. The lowest BCUT2D eigenvalue weighted by atomic mass is 9.52. The fraction of sp³-hybridized carbons (Fsp3) is 0.220. The molecule has 0 spiro atoms. The molecule has 3 aliphatic rings. The molecule has 0 heterocycles. The molecule has 0 N–H and O–H groups in total. The minimum atomic E-state index is -2.40. The summed E-state index contributed by atoms with van der Waals surface area (Å²) in [4.78, 5) is 29.7. The van der Waals surface area contributed by atoms with E-state index in [1.165, 1.54) is 12.1 Å². The Kier molecular flexibility index (Phi) is 8.04. The summed E-state index contributed by atoms with van der Waals surface area (Å²) in [5, 5.41) is 0. The molecular weight excluding hydrogens is 665 g/mol. The van der Waals surface area contributed by atoms with Crippen LogP contribution < -0.4 is 14.4 Å². The van der Waals surface area contributed by atoms with Gasteiger partial charge in [-0.2, -0.15) is 0 Å². The maximum absolute atomic E-state index is 14.9. The average Bonchev–Trinajstić information content (AvgIpc) is 3.12. The fourth-order valence-corrected chi connectivity index (χ4v) is 7.39. The summed E-state index contributed by atoms with van der Waals surface area (Å²) in [7, 11) is 3.82. The van der Waals surface area contributed by atoms with Crippen molar-refractivity contribution in [2.24, 2.45) is 5.41 Å². The number of carbonyl (C=O) groups excluding carboxylic acids is 2. The van der Waals surface area contributed by atoms with E-state index in [1.807, 2.05) is 91.8 Å². The van der Waals surface area contributed by atoms with Gasteiger partial charge in [0.25, 0.3) is 0 Å². The van der Waals surface area contributed by atoms with E-state index in [1.54, 1.807) is 20.8 Å². The van der Waals surface area contributed by atoms with Gasteiger partial charge in [0.2, 0.25) is 5.82 Å². The number of ether oxygens (including phenoxy) is 2. The number of anilines is 1. The smallest absolute Gasteiger partial charge is 0.349 e. The molecule has 0 fully saturated rings. The van der Waals surface area contributed by atoms with Gasteiger partial charge in [0, 0.05) is 42.2 Å². The summed E-state index contributed by atoms with van der Waals surface area (Å²) in [6, 6.07) is 25.4. The SMILES string of the molecule is CN(C)c1ccc(OCC23c4ccccc4C(c4ccccc42)c2c(C(=O)C(C)(C)C)ccc(OC(=O)c4c(F)c(F)c(F)c(F)c4F)c23)cc1. The lowest BCUT2D eigenvalue weighted by molar-refractivity contribution is 0.0716. The van der Waals surface area contributed by atoms with Gasteiger partial charge >= 0.3 is 5.97 Å². The quantitative estimate of drug-likeness (QED) is 0.0424. The standard InChI is InChI=1S/C41H32F5NO4/c1-40(2,3)38(48)25-18-19-28(51-39(49)31-33(42)35(44)37(46)36(45)34(31)43)32-30(25)29-23-10-6-8-12-26(23)41(32,27-13-9-7-11-24(27)29)20-50-22-16-14-21(15-17-22)47(4)5/h6-19,29H,20H2,1-5H3. The highest BCUT2D eigenvalue weighted by molar-refractivity contribution is 6.03. The molecular formula is C41H32F5NO4. The second kappa shape index (κ2) is 12.1. The van der Waals surface area contributed by atoms with Crippen LogP contribution in [0.4, 0.5) is 27.6 Å². The molecule has 0 radical (unpaired) electrons. The predicted molar refractivity (Wildman–Crippen MR) is 181 cm³/mol. The second-order valence-electron chi connectivity index (χ2n) is 14.0. The number of ketones is 1. The third-order valence-electron chi connectivity index (χ3n) is 9.74. The molecule has 51 heavy (non-hydrogen) atoms. The first kappa shape index (κ1) is 34.0. The third-order valence-corrected chi connectivity index (χ3v) is 9.74. The summed E-state index contributed by atoms with van der Waals surface area (Å²) in [6.07, 6.45) is 0. The zero-order valence-electron chi connectivity index (χ0n) is 28.3. The highest BCUT2D eigenvalue weighted by Gasteiger charge is 2.55. The Labute approximate surface area is 291 Å². The number of Topliss-reactive ketones (excluding diaryl/α,β-unsaturated/α-hetero) is 1. The van der Waals surface area contributed by atoms with E-state index in [0.29, 0.717) is 22.4 Å². The van der Waals surface area contributed by atoms with Crippen LogP contribution in [0.1, 0.15) is 80.8 Å². The number of hydrogen-bond acceptors (Lipinski definition) is 5. The molecule has 8 rings (SSSR count). The molecule has 0 amide bonds. The number of esters is 1. The van der Waals surface area contributed by atoms with Gasteiger partial charge in [-0.05, 0) is 64.2 Å². The van der Waals surface area contributed by atoms with Gasteiger partial charge in [-0.1, -0.05) is 69.3 Å². The highest BCUT2D eigenvalue weighted by atomic mass is 19.2. The number of benzene rings is 5. The Morgan fingerprint density at radius 2 is 1.25 bits per heavy atom. The lowest BCUT2D eigenvalue weighted by Crippen LogP contribution is -2.47. The topological polar surface area (TPSA) is 55.8 Å². The van der Waals surface area contributed by atoms with Crippen LogP contribution >= 0.6 is 0 Å². The van der Waals surface area contributed by atoms with Crippen LogP contribution in [0.15, 0.2) is 84.9 Å². The summed E-state index contributed by atoms with van der Waals surface area (Å²) in [6.45, 7) is 5.25. The van der Waals surface area contributed by atoms with Gasteiger partial charge < -0.3 is 14.4 Å². The van der Waals surface area contributed by atoms with Gasteiger partial charge in [0.15, 0.2) is 29.1 Å². The minimum absolute atomic E-state index is 0.0811. The molecule has 0 saturated carbocycles. The van der Waals surface area contributed by atoms with Crippen molar-refractivity contribution < 1.29 is 41.0 Å². The van der Waals surface area contributed by atoms with E-state index in [-0.39, 0.29) is 18.1 Å². The first-order valence-corrected chi connectivity index (χ1v) is 16.2. The van der Waals surface area contributed by atoms with E-state index in [0.717, 1.165) is 27.9 Å². The van der Waals surface area contributed by atoms with Gasteiger partial charge in [-0.15, -0.1) is 0 Å². The molecule has 2 bridgehead atoms. The van der Waals surface area contributed by atoms with Crippen LogP contribution in [0.2, 0.25) is 0 Å². The Bertz CT molecular complexity index is 2180. The van der Waals surface area contributed by atoms with Crippen LogP contribution in [0.3, 0.4) is 0 Å². The molecule has 5 aromatic rings. The zero-order valence-corrected chi connectivity index (χ0v) is 28.3. The molecule has 5 aromatic carbocycles. The van der Waals surface area contributed by atoms with Gasteiger partial charge in [0.1, 0.15) is 23.7 Å². The van der Waals surface area contributed by atoms with Gasteiger partial charge in [-0.25, -0.2) is 26.7 Å². The first-order chi connectivity index (χ1) is 24.2. The van der Waals surface area contributed by atoms with Crippen molar-refractivity contribution in [3.63, 3.8) is 0 Å². The molecule has 260 valence electrons. The summed E-state index contributed by atoms with van der Waals surface area (Å²) in [5.74, 6) is -13.8. The summed E-state index contributed by atoms with van der Waals surface area (Å²) in [5.41, 5.74) is 1.54. The van der Waals surface area contributed by atoms with E-state index < -0.39 is 57.4 Å². The van der Waals surface area contributed by atoms with Crippen LogP contribution in [-0.2, 0) is 5.41 Å². The summed E-state index contributed by atoms with van der Waals surface area (Å²) >= 11 is 0. The number of nitrogens with zero attached hydrogens (tertiary/aromatic N) is 1. The van der Waals surface area contributed by atoms with E-state index >= 15 is 0 Å². The van der Waals surface area contributed by atoms with Crippen LogP contribution in [0.5, 0.6) is 11.5 Å². The molecule has 0 unspecified atom stereocenters. The molecule has 5 nitrogen and oxygen atoms in total. The van der Waals surface area contributed by atoms with E-state index in [4.69, 9.17) is 9.47 Å². The van der Waals surface area contributed by atoms with Crippen LogP contribution in [0.25, 0.3) is 0 Å². The molecule has 0 saturated heterocycles. The Hall–Kier alpha value is -5.51. The number of hydrogen-bond donors (Lipinski definition) is 0. The zero-order chi connectivity index (χ0) is 36.6. The maximum Gasteiger partial charge on any atom is 0.349 e. The normalized spacial score (nSPS) is 16.9. The summed E-state index contributed by atoms with van der Waals surface area (Å²) < 4.78 is 84.5. The Morgan fingerprint density at radius 1 is 0.725 bits per heavy atom. The van der Waals surface area contributed by atoms with Crippen molar-refractivity contribution in [1.82, 2.24) is 0 Å². The van der Waals surface area contributed by atoms with E-state index in [2.05, 4.69) is 0 Å². The number of carbonyl (C=O) groups is 2. The fourth-order valence-electron chi connectivity index (χ4n) is 7.39. The van der Waals surface area contributed by atoms with Crippen molar-refractivity contribution in [3.8, 4) is 11.5 Å².